The van der Waals surface area contributed by atoms with Gasteiger partial charge >= 0.3 is 6.18 Å². The van der Waals surface area contributed by atoms with Crippen LogP contribution in [0.5, 0.6) is 0 Å². The lowest BCUT2D eigenvalue weighted by Gasteiger charge is -2.34. The summed E-state index contributed by atoms with van der Waals surface area (Å²) in [5.41, 5.74) is 4.54. The van der Waals surface area contributed by atoms with Crippen molar-refractivity contribution in [3.05, 3.63) is 28.8 Å². The second-order valence-electron chi connectivity index (χ2n) is 5.14. The van der Waals surface area contributed by atoms with Gasteiger partial charge in [-0.05, 0) is 31.0 Å². The maximum Gasteiger partial charge on any atom is 0.416 e. The normalized spacial score (nSPS) is 20.1. The van der Waals surface area contributed by atoms with Crippen LogP contribution < -0.4 is 5.73 Å². The van der Waals surface area contributed by atoms with Gasteiger partial charge in [0.05, 0.1) is 10.6 Å². The second kappa shape index (κ2) is 7.57. The van der Waals surface area contributed by atoms with Gasteiger partial charge in [0, 0.05) is 19.1 Å². The Balaban J connectivity index is 0.00000264. The first-order valence-electron chi connectivity index (χ1n) is 6.76. The number of rotatable bonds is 3. The van der Waals surface area contributed by atoms with Crippen LogP contribution in [0.4, 0.5) is 13.2 Å². The number of nitrogens with two attached hydrogens (primary N) is 1. The molecule has 4 nitrogen and oxygen atoms in total. The lowest BCUT2D eigenvalue weighted by molar-refractivity contribution is -0.137. The number of sulfonamides is 1. The Morgan fingerprint density at radius 1 is 1.30 bits per heavy atom. The van der Waals surface area contributed by atoms with E-state index in [-0.39, 0.29) is 30.5 Å². The van der Waals surface area contributed by atoms with Gasteiger partial charge in [-0.3, -0.25) is 0 Å². The first kappa shape index (κ1) is 20.5. The molecule has 1 unspecified atom stereocenters. The molecule has 1 heterocycles. The maximum atomic E-state index is 12.8. The zero-order valence-corrected chi connectivity index (χ0v) is 14.4. The smallest absolute Gasteiger partial charge is 0.329 e. The summed E-state index contributed by atoms with van der Waals surface area (Å²) >= 11 is 5.84. The molecule has 1 atom stereocenters. The van der Waals surface area contributed by atoms with E-state index in [2.05, 4.69) is 0 Å². The van der Waals surface area contributed by atoms with Crippen LogP contribution in [0.1, 0.15) is 24.8 Å². The van der Waals surface area contributed by atoms with Gasteiger partial charge in [-0.2, -0.15) is 17.5 Å². The lowest BCUT2D eigenvalue weighted by atomic mass is 10.1. The van der Waals surface area contributed by atoms with Gasteiger partial charge in [0.2, 0.25) is 10.0 Å². The summed E-state index contributed by atoms with van der Waals surface area (Å²) in [7, 11) is -4.12. The first-order valence-corrected chi connectivity index (χ1v) is 8.58. The molecule has 0 radical (unpaired) electrons. The summed E-state index contributed by atoms with van der Waals surface area (Å²) < 4.78 is 64.9. The van der Waals surface area contributed by atoms with Crippen molar-refractivity contribution < 1.29 is 21.6 Å². The van der Waals surface area contributed by atoms with E-state index in [4.69, 9.17) is 17.3 Å². The van der Waals surface area contributed by atoms with Crippen LogP contribution in [-0.2, 0) is 16.2 Å². The Bertz CT molecular complexity index is 653. The number of piperidine rings is 1. The van der Waals surface area contributed by atoms with Crippen molar-refractivity contribution in [2.24, 2.45) is 5.73 Å². The number of nitrogens with zero attached hydrogens (tertiary/aromatic N) is 1. The predicted molar refractivity (Wildman–Crippen MR) is 84.3 cm³/mol. The van der Waals surface area contributed by atoms with Crippen molar-refractivity contribution in [3.8, 4) is 0 Å². The summed E-state index contributed by atoms with van der Waals surface area (Å²) in [6.45, 7) is 0.354. The third-order valence-electron chi connectivity index (χ3n) is 3.69. The molecule has 1 aromatic carbocycles. The molecule has 1 aliphatic heterocycles. The number of halogens is 5. The fourth-order valence-corrected chi connectivity index (χ4v) is 4.74. The molecule has 0 spiro atoms. The minimum atomic E-state index is -4.63. The molecule has 10 heteroatoms. The average Bonchev–Trinajstić information content (AvgIpc) is 2.46. The molecular weight excluding hydrogens is 376 g/mol. The van der Waals surface area contributed by atoms with Crippen LogP contribution in [0.3, 0.4) is 0 Å². The first-order chi connectivity index (χ1) is 10.2. The fraction of sp³-hybridized carbons (Fsp3) is 0.538. The molecule has 2 rings (SSSR count). The quantitative estimate of drug-likeness (QED) is 0.858. The molecular formula is C13H17Cl2F3N2O2S. The van der Waals surface area contributed by atoms with Gasteiger partial charge in [0.15, 0.2) is 0 Å². The van der Waals surface area contributed by atoms with Gasteiger partial charge in [-0.1, -0.05) is 18.0 Å². The third kappa shape index (κ3) is 4.30. The second-order valence-corrected chi connectivity index (χ2v) is 7.41. The predicted octanol–water partition coefficient (Wildman–Crippen LogP) is 3.28. The highest BCUT2D eigenvalue weighted by molar-refractivity contribution is 7.89. The molecule has 0 saturated carbocycles. The minimum absolute atomic E-state index is 0. The lowest BCUT2D eigenvalue weighted by Crippen LogP contribution is -2.47. The maximum absolute atomic E-state index is 12.8. The molecule has 23 heavy (non-hydrogen) atoms. The SMILES string of the molecule is Cl.NCC1CCCCN1S(=O)(=O)c1cc(C(F)(F)F)ccc1Cl. The van der Waals surface area contributed by atoms with Crippen molar-refractivity contribution in [2.45, 2.75) is 36.4 Å². The topological polar surface area (TPSA) is 63.4 Å². The summed E-state index contributed by atoms with van der Waals surface area (Å²) in [4.78, 5) is -0.524. The van der Waals surface area contributed by atoms with Crippen molar-refractivity contribution in [1.82, 2.24) is 4.31 Å². The fourth-order valence-electron chi connectivity index (χ4n) is 2.53. The van der Waals surface area contributed by atoms with Crippen LogP contribution in [0.15, 0.2) is 23.1 Å². The summed E-state index contributed by atoms with van der Waals surface area (Å²) in [5.74, 6) is 0. The third-order valence-corrected chi connectivity index (χ3v) is 6.12. The Morgan fingerprint density at radius 2 is 1.96 bits per heavy atom. The van der Waals surface area contributed by atoms with Crippen LogP contribution in [0.2, 0.25) is 5.02 Å². The van der Waals surface area contributed by atoms with E-state index < -0.39 is 32.7 Å². The van der Waals surface area contributed by atoms with Gasteiger partial charge in [0.25, 0.3) is 0 Å². The summed E-state index contributed by atoms with van der Waals surface area (Å²) in [6, 6.07) is 1.89. The summed E-state index contributed by atoms with van der Waals surface area (Å²) in [5, 5.41) is -0.227. The molecule has 0 aliphatic carbocycles. The Labute approximate surface area is 144 Å². The van der Waals surface area contributed by atoms with Crippen molar-refractivity contribution in [1.29, 1.82) is 0 Å². The average molecular weight is 393 g/mol. The van der Waals surface area contributed by atoms with Gasteiger partial charge in [0.1, 0.15) is 4.90 Å². The zero-order chi connectivity index (χ0) is 16.5. The van der Waals surface area contributed by atoms with Gasteiger partial charge in [-0.15, -0.1) is 12.4 Å². The molecule has 1 fully saturated rings. The van der Waals surface area contributed by atoms with Crippen LogP contribution in [-0.4, -0.2) is 31.9 Å². The standard InChI is InChI=1S/C13H16ClF3N2O2S.ClH/c14-11-5-4-9(13(15,16)17)7-12(11)22(20,21)19-6-2-1-3-10(19)8-18;/h4-5,7,10H,1-3,6,8,18H2;1H. The van der Waals surface area contributed by atoms with Crippen molar-refractivity contribution in [2.75, 3.05) is 13.1 Å². The van der Waals surface area contributed by atoms with E-state index in [9.17, 15) is 21.6 Å². The highest BCUT2D eigenvalue weighted by Gasteiger charge is 2.37. The molecule has 1 aliphatic rings. The molecule has 0 aromatic heterocycles. The van der Waals surface area contributed by atoms with E-state index in [1.54, 1.807) is 0 Å². The Kier molecular flexibility index (Phi) is 6.74. The highest BCUT2D eigenvalue weighted by atomic mass is 35.5. The van der Waals surface area contributed by atoms with Crippen LogP contribution >= 0.6 is 24.0 Å². The van der Waals surface area contributed by atoms with Crippen molar-refractivity contribution in [3.63, 3.8) is 0 Å². The van der Waals surface area contributed by atoms with E-state index >= 15 is 0 Å². The van der Waals surface area contributed by atoms with Crippen LogP contribution in [0.25, 0.3) is 0 Å². The van der Waals surface area contributed by atoms with Gasteiger partial charge in [-0.25, -0.2) is 8.42 Å². The van der Waals surface area contributed by atoms with Gasteiger partial charge < -0.3 is 5.73 Å². The molecule has 0 amide bonds. The van der Waals surface area contributed by atoms with Crippen molar-refractivity contribution >= 4 is 34.0 Å². The van der Waals surface area contributed by atoms with E-state index in [0.29, 0.717) is 18.9 Å². The number of benzene rings is 1. The minimum Gasteiger partial charge on any atom is -0.329 e. The highest BCUT2D eigenvalue weighted by Crippen LogP contribution is 2.35. The Morgan fingerprint density at radius 3 is 2.52 bits per heavy atom. The number of hydrogen-bond donors (Lipinski definition) is 1. The van der Waals surface area contributed by atoms with E-state index in [1.165, 1.54) is 0 Å². The number of hydrogen-bond acceptors (Lipinski definition) is 3. The molecule has 2 N–H and O–H groups in total. The van der Waals surface area contributed by atoms with Crippen LogP contribution in [0, 0.1) is 0 Å². The zero-order valence-electron chi connectivity index (χ0n) is 12.0. The number of alkyl halides is 3. The molecule has 132 valence electrons. The molecule has 1 aromatic rings. The monoisotopic (exact) mass is 392 g/mol. The molecule has 1 saturated heterocycles. The van der Waals surface area contributed by atoms with E-state index in [0.717, 1.165) is 22.9 Å². The Hall–Kier alpha value is -0.540. The molecule has 0 bridgehead atoms. The summed E-state index contributed by atoms with van der Waals surface area (Å²) in [6.07, 6.45) is -2.56. The van der Waals surface area contributed by atoms with E-state index in [1.807, 2.05) is 0 Å². The largest absolute Gasteiger partial charge is 0.416 e.